The van der Waals surface area contributed by atoms with Crippen LogP contribution in [0.2, 0.25) is 0 Å². The van der Waals surface area contributed by atoms with Crippen molar-refractivity contribution in [2.24, 2.45) is 7.05 Å². The van der Waals surface area contributed by atoms with E-state index in [9.17, 15) is 9.59 Å². The lowest BCUT2D eigenvalue weighted by Crippen LogP contribution is -2.41. The zero-order chi connectivity index (χ0) is 15.9. The molecule has 0 N–H and O–H groups in total. The Balaban J connectivity index is 1.97. The molecule has 22 heavy (non-hydrogen) atoms. The summed E-state index contributed by atoms with van der Waals surface area (Å²) in [6, 6.07) is 3.95. The van der Waals surface area contributed by atoms with Gasteiger partial charge in [0.25, 0.3) is 0 Å². The predicted octanol–water partition coefficient (Wildman–Crippen LogP) is 2.72. The fourth-order valence-electron chi connectivity index (χ4n) is 2.49. The van der Waals surface area contributed by atoms with Crippen molar-refractivity contribution in [1.82, 2.24) is 9.47 Å². The van der Waals surface area contributed by atoms with Crippen molar-refractivity contribution >= 4 is 23.6 Å². The van der Waals surface area contributed by atoms with Crippen molar-refractivity contribution in [2.45, 2.75) is 38.0 Å². The molecule has 5 nitrogen and oxygen atoms in total. The van der Waals surface area contributed by atoms with Crippen LogP contribution in [0.5, 0.6) is 0 Å². The highest BCUT2D eigenvalue weighted by Crippen LogP contribution is 2.37. The molecular weight excluding hydrogens is 300 g/mol. The van der Waals surface area contributed by atoms with E-state index in [1.54, 1.807) is 16.7 Å². The lowest BCUT2D eigenvalue weighted by molar-refractivity contribution is -0.150. The molecule has 6 heteroatoms. The molecular formula is C16H24N2O3S. The summed E-state index contributed by atoms with van der Waals surface area (Å²) in [4.78, 5) is 25.9. The van der Waals surface area contributed by atoms with Gasteiger partial charge < -0.3 is 14.2 Å². The minimum absolute atomic E-state index is 0.0236. The number of hydrogen-bond acceptors (Lipinski definition) is 4. The van der Waals surface area contributed by atoms with Gasteiger partial charge in [-0.05, 0) is 18.6 Å². The molecule has 0 bridgehead atoms. The number of aromatic nitrogens is 1. The number of ether oxygens (including phenoxy) is 1. The van der Waals surface area contributed by atoms with Crippen molar-refractivity contribution in [1.29, 1.82) is 0 Å². The molecule has 0 saturated carbocycles. The molecule has 0 aliphatic carbocycles. The Morgan fingerprint density at radius 3 is 2.95 bits per heavy atom. The van der Waals surface area contributed by atoms with Gasteiger partial charge in [-0.25, -0.2) is 0 Å². The highest BCUT2D eigenvalue weighted by Gasteiger charge is 2.32. The third kappa shape index (κ3) is 4.29. The normalized spacial score (nSPS) is 18.5. The van der Waals surface area contributed by atoms with Crippen LogP contribution >= 0.6 is 11.8 Å². The van der Waals surface area contributed by atoms with E-state index in [1.165, 1.54) is 0 Å². The standard InChI is InChI=1S/C16H24N2O3S/c1-3-4-5-10-21-15(20)12-18-14(19)8-11-22-16(18)13-7-6-9-17(13)2/h6-7,9,16H,3-5,8,10-12H2,1-2H3. The molecule has 1 aromatic heterocycles. The van der Waals surface area contributed by atoms with E-state index in [4.69, 9.17) is 4.74 Å². The van der Waals surface area contributed by atoms with Gasteiger partial charge >= 0.3 is 5.97 Å². The van der Waals surface area contributed by atoms with Crippen molar-refractivity contribution in [3.05, 3.63) is 24.0 Å². The van der Waals surface area contributed by atoms with Crippen LogP contribution in [0.4, 0.5) is 0 Å². The van der Waals surface area contributed by atoms with E-state index in [-0.39, 0.29) is 23.8 Å². The molecule has 1 aromatic rings. The van der Waals surface area contributed by atoms with E-state index < -0.39 is 0 Å². The van der Waals surface area contributed by atoms with Crippen LogP contribution in [0.1, 0.15) is 43.7 Å². The number of nitrogens with zero attached hydrogens (tertiary/aromatic N) is 2. The molecule has 0 aromatic carbocycles. The van der Waals surface area contributed by atoms with Crippen LogP contribution in [-0.4, -0.2) is 40.2 Å². The number of esters is 1. The first kappa shape index (κ1) is 16.9. The summed E-state index contributed by atoms with van der Waals surface area (Å²) >= 11 is 1.70. The smallest absolute Gasteiger partial charge is 0.325 e. The Kier molecular flexibility index (Phi) is 6.36. The minimum atomic E-state index is -0.314. The van der Waals surface area contributed by atoms with Gasteiger partial charge in [0.15, 0.2) is 0 Å². The third-order valence-electron chi connectivity index (χ3n) is 3.74. The Labute approximate surface area is 136 Å². The van der Waals surface area contributed by atoms with Crippen molar-refractivity contribution in [2.75, 3.05) is 18.9 Å². The molecule has 1 saturated heterocycles. The molecule has 1 aliphatic rings. The van der Waals surface area contributed by atoms with E-state index in [0.29, 0.717) is 13.0 Å². The first-order valence-corrected chi connectivity index (χ1v) is 8.86. The van der Waals surface area contributed by atoms with E-state index in [2.05, 4.69) is 6.92 Å². The second-order valence-corrected chi connectivity index (χ2v) is 6.65. The number of rotatable bonds is 7. The fourth-order valence-corrected chi connectivity index (χ4v) is 3.80. The van der Waals surface area contributed by atoms with Crippen molar-refractivity contribution in [3.8, 4) is 0 Å². The van der Waals surface area contributed by atoms with Gasteiger partial charge in [-0.1, -0.05) is 19.8 Å². The molecule has 1 unspecified atom stereocenters. The quantitative estimate of drug-likeness (QED) is 0.572. The summed E-state index contributed by atoms with van der Waals surface area (Å²) in [5.74, 6) is 0.498. The van der Waals surface area contributed by atoms with Crippen LogP contribution < -0.4 is 0 Å². The number of unbranched alkanes of at least 4 members (excludes halogenated alkanes) is 2. The summed E-state index contributed by atoms with van der Waals surface area (Å²) in [6.45, 7) is 2.58. The highest BCUT2D eigenvalue weighted by atomic mass is 32.2. The number of hydrogen-bond donors (Lipinski definition) is 0. The van der Waals surface area contributed by atoms with Gasteiger partial charge in [0.05, 0.1) is 12.3 Å². The summed E-state index contributed by atoms with van der Waals surface area (Å²) < 4.78 is 7.24. The van der Waals surface area contributed by atoms with Crippen LogP contribution in [0, 0.1) is 0 Å². The predicted molar refractivity (Wildman–Crippen MR) is 87.4 cm³/mol. The maximum absolute atomic E-state index is 12.2. The Morgan fingerprint density at radius 2 is 2.27 bits per heavy atom. The molecule has 1 aliphatic heterocycles. The molecule has 1 amide bonds. The Hall–Kier alpha value is -1.43. The van der Waals surface area contributed by atoms with Crippen LogP contribution in [0.3, 0.4) is 0 Å². The summed E-state index contributed by atoms with van der Waals surface area (Å²) in [5.41, 5.74) is 1.04. The summed E-state index contributed by atoms with van der Waals surface area (Å²) in [6.07, 6.45) is 5.46. The monoisotopic (exact) mass is 324 g/mol. The maximum Gasteiger partial charge on any atom is 0.325 e. The third-order valence-corrected chi connectivity index (χ3v) is 4.99. The summed E-state index contributed by atoms with van der Waals surface area (Å²) in [7, 11) is 1.95. The number of carbonyl (C=O) groups is 2. The second-order valence-electron chi connectivity index (χ2n) is 5.47. The second kappa shape index (κ2) is 8.27. The molecule has 0 spiro atoms. The number of carbonyl (C=O) groups excluding carboxylic acids is 2. The van der Waals surface area contributed by atoms with E-state index in [0.717, 1.165) is 30.7 Å². The van der Waals surface area contributed by atoms with Crippen LogP contribution in [0.25, 0.3) is 0 Å². The fraction of sp³-hybridized carbons (Fsp3) is 0.625. The molecule has 0 radical (unpaired) electrons. The lowest BCUT2D eigenvalue weighted by atomic mass is 10.3. The van der Waals surface area contributed by atoms with Gasteiger partial charge in [-0.15, -0.1) is 11.8 Å². The van der Waals surface area contributed by atoms with E-state index >= 15 is 0 Å². The van der Waals surface area contributed by atoms with Crippen LogP contribution in [-0.2, 0) is 21.4 Å². The largest absolute Gasteiger partial charge is 0.464 e. The molecule has 1 atom stereocenters. The average molecular weight is 324 g/mol. The van der Waals surface area contributed by atoms with Gasteiger partial charge in [-0.2, -0.15) is 0 Å². The maximum atomic E-state index is 12.2. The van der Waals surface area contributed by atoms with Gasteiger partial charge in [0.2, 0.25) is 5.91 Å². The number of thioether (sulfide) groups is 1. The summed E-state index contributed by atoms with van der Waals surface area (Å²) in [5, 5.41) is -0.107. The van der Waals surface area contributed by atoms with E-state index in [1.807, 2.05) is 29.9 Å². The van der Waals surface area contributed by atoms with Crippen molar-refractivity contribution < 1.29 is 14.3 Å². The van der Waals surface area contributed by atoms with Gasteiger partial charge in [-0.3, -0.25) is 9.59 Å². The topological polar surface area (TPSA) is 51.5 Å². The van der Waals surface area contributed by atoms with Crippen molar-refractivity contribution in [3.63, 3.8) is 0 Å². The zero-order valence-electron chi connectivity index (χ0n) is 13.3. The SMILES string of the molecule is CCCCCOC(=O)CN1C(=O)CCSC1c1cccn1C. The minimum Gasteiger partial charge on any atom is -0.464 e. The average Bonchev–Trinajstić information content (AvgIpc) is 2.92. The van der Waals surface area contributed by atoms with Crippen LogP contribution in [0.15, 0.2) is 18.3 Å². The molecule has 1 fully saturated rings. The highest BCUT2D eigenvalue weighted by molar-refractivity contribution is 7.99. The Morgan fingerprint density at radius 1 is 1.45 bits per heavy atom. The molecule has 122 valence electrons. The number of aryl methyl sites for hydroxylation is 1. The lowest BCUT2D eigenvalue weighted by Gasteiger charge is -2.34. The zero-order valence-corrected chi connectivity index (χ0v) is 14.1. The first-order chi connectivity index (χ1) is 10.6. The van der Waals surface area contributed by atoms with Gasteiger partial charge in [0, 0.05) is 25.4 Å². The van der Waals surface area contributed by atoms with Gasteiger partial charge in [0.1, 0.15) is 11.9 Å². The first-order valence-electron chi connectivity index (χ1n) is 7.81. The molecule has 2 heterocycles. The number of amides is 1. The Bertz CT molecular complexity index is 515. The molecule has 2 rings (SSSR count).